The number of carbonyl (C=O) groups excluding carboxylic acids is 1. The molecule has 0 aliphatic carbocycles. The molecule has 6 heteroatoms. The SMILES string of the molecule is COC(=O)C(I)CNCc1ccc(F)c(Br)c1. The van der Waals surface area contributed by atoms with E-state index in [1.807, 2.05) is 22.6 Å². The number of methoxy groups -OCH3 is 1. The number of halogens is 3. The van der Waals surface area contributed by atoms with E-state index < -0.39 is 0 Å². The molecule has 17 heavy (non-hydrogen) atoms. The van der Waals surface area contributed by atoms with Crippen LogP contribution in [0.25, 0.3) is 0 Å². The fourth-order valence-electron chi connectivity index (χ4n) is 1.20. The number of carbonyl (C=O) groups is 1. The number of nitrogens with one attached hydrogen (secondary N) is 1. The first-order valence-electron chi connectivity index (χ1n) is 4.91. The first kappa shape index (κ1) is 14.8. The molecule has 0 amide bonds. The van der Waals surface area contributed by atoms with Gasteiger partial charge < -0.3 is 10.1 Å². The van der Waals surface area contributed by atoms with Crippen LogP contribution in [0.1, 0.15) is 5.56 Å². The molecule has 94 valence electrons. The highest BCUT2D eigenvalue weighted by Crippen LogP contribution is 2.16. The van der Waals surface area contributed by atoms with E-state index in [0.717, 1.165) is 5.56 Å². The molecule has 0 aromatic heterocycles. The Labute approximate surface area is 121 Å². The molecule has 1 unspecified atom stereocenters. The Morgan fingerprint density at radius 3 is 2.94 bits per heavy atom. The number of hydrogen-bond donors (Lipinski definition) is 1. The zero-order valence-electron chi connectivity index (χ0n) is 9.17. The highest BCUT2D eigenvalue weighted by Gasteiger charge is 2.13. The molecule has 1 aromatic carbocycles. The summed E-state index contributed by atoms with van der Waals surface area (Å²) in [5.74, 6) is -0.534. The van der Waals surface area contributed by atoms with Gasteiger partial charge in [0.2, 0.25) is 0 Å². The average molecular weight is 416 g/mol. The summed E-state index contributed by atoms with van der Waals surface area (Å²) in [7, 11) is 1.37. The van der Waals surface area contributed by atoms with E-state index in [1.165, 1.54) is 13.2 Å². The van der Waals surface area contributed by atoms with Crippen molar-refractivity contribution in [3.05, 3.63) is 34.1 Å². The third kappa shape index (κ3) is 4.89. The minimum absolute atomic E-state index is 0.221. The van der Waals surface area contributed by atoms with Gasteiger partial charge in [-0.2, -0.15) is 0 Å². The summed E-state index contributed by atoms with van der Waals surface area (Å²) in [4.78, 5) is 11.1. The predicted octanol–water partition coefficient (Wildman–Crippen LogP) is 2.65. The van der Waals surface area contributed by atoms with Crippen LogP contribution < -0.4 is 5.32 Å². The maximum atomic E-state index is 13.0. The molecule has 0 saturated carbocycles. The lowest BCUT2D eigenvalue weighted by Gasteiger charge is -2.09. The zero-order valence-corrected chi connectivity index (χ0v) is 12.9. The average Bonchev–Trinajstić information content (AvgIpc) is 2.32. The molecule has 0 aliphatic rings. The molecule has 1 atom stereocenters. The Hall–Kier alpha value is -0.210. The molecule has 1 aromatic rings. The Balaban J connectivity index is 2.40. The van der Waals surface area contributed by atoms with Gasteiger partial charge in [-0.05, 0) is 33.6 Å². The van der Waals surface area contributed by atoms with Gasteiger partial charge in [-0.3, -0.25) is 4.79 Å². The predicted molar refractivity (Wildman–Crippen MR) is 75.6 cm³/mol. The number of benzene rings is 1. The Bertz CT molecular complexity index is 403. The third-order valence-corrected chi connectivity index (χ3v) is 3.65. The molecule has 0 fully saturated rings. The lowest BCUT2D eigenvalue weighted by Crippen LogP contribution is -2.29. The van der Waals surface area contributed by atoms with Gasteiger partial charge >= 0.3 is 5.97 Å². The van der Waals surface area contributed by atoms with Gasteiger partial charge in [0.15, 0.2) is 0 Å². The van der Waals surface area contributed by atoms with Crippen LogP contribution in [-0.4, -0.2) is 23.5 Å². The van der Waals surface area contributed by atoms with Crippen LogP contribution in [0.3, 0.4) is 0 Å². The lowest BCUT2D eigenvalue weighted by molar-refractivity contribution is -0.139. The van der Waals surface area contributed by atoms with Gasteiger partial charge in [-0.15, -0.1) is 0 Å². The molecule has 1 N–H and O–H groups in total. The number of ether oxygens (including phenoxy) is 1. The smallest absolute Gasteiger partial charge is 0.319 e. The third-order valence-electron chi connectivity index (χ3n) is 2.09. The van der Waals surface area contributed by atoms with Crippen LogP contribution in [-0.2, 0) is 16.1 Å². The molecule has 0 aliphatic heterocycles. The first-order valence-corrected chi connectivity index (χ1v) is 6.95. The number of rotatable bonds is 5. The summed E-state index contributed by atoms with van der Waals surface area (Å²) in [5, 5.41) is 3.11. The summed E-state index contributed by atoms with van der Waals surface area (Å²) < 4.78 is 17.8. The second-order valence-corrected chi connectivity index (χ2v) is 5.73. The van der Waals surface area contributed by atoms with E-state index >= 15 is 0 Å². The topological polar surface area (TPSA) is 38.3 Å². The van der Waals surface area contributed by atoms with E-state index in [1.54, 1.807) is 12.1 Å². The van der Waals surface area contributed by atoms with Crippen LogP contribution in [0.5, 0.6) is 0 Å². The van der Waals surface area contributed by atoms with E-state index in [2.05, 4.69) is 26.0 Å². The van der Waals surface area contributed by atoms with E-state index in [4.69, 9.17) is 0 Å². The highest BCUT2D eigenvalue weighted by atomic mass is 127. The van der Waals surface area contributed by atoms with Crippen molar-refractivity contribution in [2.75, 3.05) is 13.7 Å². The Morgan fingerprint density at radius 2 is 2.35 bits per heavy atom. The summed E-state index contributed by atoms with van der Waals surface area (Å²) in [5.41, 5.74) is 0.951. The van der Waals surface area contributed by atoms with Gasteiger partial charge in [-0.25, -0.2) is 4.39 Å². The molecule has 0 radical (unpaired) electrons. The number of esters is 1. The van der Waals surface area contributed by atoms with Gasteiger partial charge in [0.25, 0.3) is 0 Å². The van der Waals surface area contributed by atoms with Crippen molar-refractivity contribution in [1.82, 2.24) is 5.32 Å². The second kappa shape index (κ2) is 7.27. The van der Waals surface area contributed by atoms with Crippen LogP contribution in [0.4, 0.5) is 4.39 Å². The molecule has 0 heterocycles. The minimum atomic E-state index is -0.282. The Morgan fingerprint density at radius 1 is 1.65 bits per heavy atom. The van der Waals surface area contributed by atoms with Crippen LogP contribution in [0, 0.1) is 5.82 Å². The summed E-state index contributed by atoms with van der Waals surface area (Å²) in [6, 6.07) is 4.82. The van der Waals surface area contributed by atoms with Gasteiger partial charge in [0.1, 0.15) is 9.74 Å². The zero-order chi connectivity index (χ0) is 12.8. The quantitative estimate of drug-likeness (QED) is 0.456. The van der Waals surface area contributed by atoms with Crippen molar-refractivity contribution in [2.45, 2.75) is 10.5 Å². The molecular formula is C11H12BrFINO2. The van der Waals surface area contributed by atoms with Crippen LogP contribution >= 0.6 is 38.5 Å². The second-order valence-electron chi connectivity index (χ2n) is 3.37. The first-order chi connectivity index (χ1) is 8.04. The van der Waals surface area contributed by atoms with E-state index in [-0.39, 0.29) is 15.7 Å². The standard InChI is InChI=1S/C11H12BrFINO2/c1-17-11(16)10(14)6-15-5-7-2-3-9(13)8(12)4-7/h2-4,10,15H,5-6H2,1H3. The summed E-state index contributed by atoms with van der Waals surface area (Å²) in [6.45, 7) is 1.09. The van der Waals surface area contributed by atoms with Crippen LogP contribution in [0.2, 0.25) is 0 Å². The number of alkyl halides is 1. The van der Waals surface area contributed by atoms with Crippen molar-refractivity contribution in [2.24, 2.45) is 0 Å². The van der Waals surface area contributed by atoms with Crippen molar-refractivity contribution in [3.63, 3.8) is 0 Å². The monoisotopic (exact) mass is 415 g/mol. The van der Waals surface area contributed by atoms with Crippen molar-refractivity contribution in [1.29, 1.82) is 0 Å². The van der Waals surface area contributed by atoms with Crippen molar-refractivity contribution >= 4 is 44.5 Å². The van der Waals surface area contributed by atoms with Gasteiger partial charge in [-0.1, -0.05) is 28.7 Å². The van der Waals surface area contributed by atoms with E-state index in [9.17, 15) is 9.18 Å². The van der Waals surface area contributed by atoms with Crippen molar-refractivity contribution in [3.8, 4) is 0 Å². The molecule has 0 spiro atoms. The van der Waals surface area contributed by atoms with Crippen LogP contribution in [0.15, 0.2) is 22.7 Å². The van der Waals surface area contributed by atoms with Crippen molar-refractivity contribution < 1.29 is 13.9 Å². The maximum Gasteiger partial charge on any atom is 0.319 e. The molecular weight excluding hydrogens is 404 g/mol. The molecule has 3 nitrogen and oxygen atoms in total. The summed E-state index contributed by atoms with van der Waals surface area (Å²) in [6.07, 6.45) is 0. The molecule has 0 saturated heterocycles. The summed E-state index contributed by atoms with van der Waals surface area (Å²) >= 11 is 5.14. The fraction of sp³-hybridized carbons (Fsp3) is 0.364. The Kier molecular flexibility index (Phi) is 6.35. The van der Waals surface area contributed by atoms with Gasteiger partial charge in [0, 0.05) is 13.1 Å². The molecule has 1 rings (SSSR count). The normalized spacial score (nSPS) is 12.2. The molecule has 0 bridgehead atoms. The largest absolute Gasteiger partial charge is 0.468 e. The number of hydrogen-bond acceptors (Lipinski definition) is 3. The lowest BCUT2D eigenvalue weighted by atomic mass is 10.2. The van der Waals surface area contributed by atoms with E-state index in [0.29, 0.717) is 17.6 Å². The maximum absolute atomic E-state index is 13.0. The fourth-order valence-corrected chi connectivity index (χ4v) is 2.20. The minimum Gasteiger partial charge on any atom is -0.468 e. The van der Waals surface area contributed by atoms with Gasteiger partial charge in [0.05, 0.1) is 11.6 Å². The highest BCUT2D eigenvalue weighted by molar-refractivity contribution is 14.1.